The normalized spacial score (nSPS) is 13.9. The molecule has 0 radical (unpaired) electrons. The second kappa shape index (κ2) is 4.72. The molecule has 0 nitrogen and oxygen atoms in total. The van der Waals surface area contributed by atoms with Crippen LogP contribution in [0.5, 0.6) is 0 Å². The molecule has 4 rings (SSSR count). The molecular weight excluding hydrogens is 287 g/mol. The van der Waals surface area contributed by atoms with Crippen LogP contribution in [0.2, 0.25) is 0 Å². The summed E-state index contributed by atoms with van der Waals surface area (Å²) in [5.41, 5.74) is 2.78. The van der Waals surface area contributed by atoms with E-state index in [0.717, 1.165) is 0 Å². The van der Waals surface area contributed by atoms with Crippen LogP contribution < -0.4 is 14.5 Å². The van der Waals surface area contributed by atoms with Crippen molar-refractivity contribution in [2.45, 2.75) is 0 Å². The Hall–Kier alpha value is -1.21. The molecule has 1 aliphatic heterocycles. The number of hydrogen-bond donors (Lipinski definition) is 0. The first kappa shape index (κ1) is 11.6. The molecule has 0 amide bonds. The van der Waals surface area contributed by atoms with Crippen LogP contribution in [0.1, 0.15) is 11.1 Å². The second-order valence-electron chi connectivity index (χ2n) is 4.37. The van der Waals surface area contributed by atoms with E-state index in [1.807, 2.05) is 22.7 Å². The molecule has 3 heteroatoms. The van der Waals surface area contributed by atoms with Gasteiger partial charge in [-0.1, -0.05) is 42.5 Å². The van der Waals surface area contributed by atoms with Crippen LogP contribution >= 0.6 is 30.6 Å². The molecule has 0 saturated heterocycles. The monoisotopic (exact) mass is 298 g/mol. The predicted octanol–water partition coefficient (Wildman–Crippen LogP) is 4.05. The molecule has 92 valence electrons. The van der Waals surface area contributed by atoms with Gasteiger partial charge in [0.1, 0.15) is 0 Å². The Morgan fingerprint density at radius 2 is 1.26 bits per heavy atom. The van der Waals surface area contributed by atoms with Crippen molar-refractivity contribution in [3.05, 3.63) is 64.4 Å². The molecule has 0 atom stereocenters. The Morgan fingerprint density at radius 3 is 1.84 bits per heavy atom. The molecule has 0 unspecified atom stereocenters. The van der Waals surface area contributed by atoms with Gasteiger partial charge in [0.2, 0.25) is 0 Å². The third kappa shape index (κ3) is 1.92. The van der Waals surface area contributed by atoms with Crippen molar-refractivity contribution in [1.29, 1.82) is 0 Å². The average Bonchev–Trinajstić information content (AvgIpc) is 3.07. The van der Waals surface area contributed by atoms with Crippen molar-refractivity contribution >= 4 is 57.3 Å². The predicted molar refractivity (Wildman–Crippen MR) is 89.8 cm³/mol. The fraction of sp³-hybridized carbons (Fsp3) is 0. The van der Waals surface area contributed by atoms with Crippen molar-refractivity contribution < 1.29 is 0 Å². The van der Waals surface area contributed by atoms with Gasteiger partial charge >= 0.3 is 0 Å². The first-order valence-corrected chi connectivity index (χ1v) is 9.22. The molecule has 0 N–H and O–H groups in total. The summed E-state index contributed by atoms with van der Waals surface area (Å²) >= 11 is 3.79. The first-order valence-electron chi connectivity index (χ1n) is 6.12. The van der Waals surface area contributed by atoms with Gasteiger partial charge in [0.25, 0.3) is 0 Å². The zero-order valence-electron chi connectivity index (χ0n) is 10.1. The minimum Gasteiger partial charge on any atom is -0.143 e. The summed E-state index contributed by atoms with van der Waals surface area (Å²) in [6, 6.07) is 15.4. The highest BCUT2D eigenvalue weighted by atomic mass is 32.1. The molecule has 0 aliphatic carbocycles. The molecule has 2 aromatic heterocycles. The quantitative estimate of drug-likeness (QED) is 0.465. The maximum absolute atomic E-state index is 2.27. The van der Waals surface area contributed by atoms with Crippen molar-refractivity contribution in [2.24, 2.45) is 0 Å². The van der Waals surface area contributed by atoms with E-state index in [1.165, 1.54) is 25.7 Å². The minimum atomic E-state index is -0.377. The Balaban J connectivity index is 1.99. The first-order chi connectivity index (χ1) is 9.43. The van der Waals surface area contributed by atoms with Crippen LogP contribution in [-0.2, 0) is 0 Å². The number of thiophene rings is 2. The summed E-state index contributed by atoms with van der Waals surface area (Å²) < 4.78 is 3.05. The van der Waals surface area contributed by atoms with Gasteiger partial charge in [0.05, 0.1) is 0 Å². The van der Waals surface area contributed by atoms with Crippen LogP contribution in [0.4, 0.5) is 0 Å². The molecule has 1 aliphatic rings. The van der Waals surface area contributed by atoms with Crippen LogP contribution in [0.3, 0.4) is 0 Å². The summed E-state index contributed by atoms with van der Waals surface area (Å²) in [6.45, 7) is 0. The molecular formula is C16H11PS2. The Morgan fingerprint density at radius 1 is 0.684 bits per heavy atom. The van der Waals surface area contributed by atoms with Gasteiger partial charge in [0, 0.05) is 17.2 Å². The van der Waals surface area contributed by atoms with Gasteiger partial charge in [0.15, 0.2) is 0 Å². The van der Waals surface area contributed by atoms with Gasteiger partial charge < -0.3 is 0 Å². The van der Waals surface area contributed by atoms with E-state index in [1.54, 1.807) is 0 Å². The maximum atomic E-state index is 2.27. The molecule has 0 spiro atoms. The van der Waals surface area contributed by atoms with Crippen molar-refractivity contribution in [1.82, 2.24) is 0 Å². The van der Waals surface area contributed by atoms with Crippen molar-refractivity contribution in [2.75, 3.05) is 0 Å². The third-order valence-electron chi connectivity index (χ3n) is 3.21. The zero-order chi connectivity index (χ0) is 12.7. The largest absolute Gasteiger partial charge is 0.143 e. The molecule has 0 fully saturated rings. The molecule has 19 heavy (non-hydrogen) atoms. The van der Waals surface area contributed by atoms with Gasteiger partial charge in [-0.15, -0.1) is 22.7 Å². The van der Waals surface area contributed by atoms with Gasteiger partial charge in [-0.05, 0) is 39.3 Å². The lowest BCUT2D eigenvalue weighted by Crippen LogP contribution is -2.18. The SMILES string of the molecule is C1=Cc2ccsc2P(c2ccccc2)c2sccc21. The van der Waals surface area contributed by atoms with Gasteiger partial charge in [-0.2, -0.15) is 0 Å². The molecule has 3 aromatic rings. The van der Waals surface area contributed by atoms with E-state index < -0.39 is 0 Å². The average molecular weight is 298 g/mol. The minimum absolute atomic E-state index is 0.377. The molecule has 1 aromatic carbocycles. The highest BCUT2D eigenvalue weighted by Crippen LogP contribution is 2.41. The summed E-state index contributed by atoms with van der Waals surface area (Å²) in [5, 5.41) is 5.88. The van der Waals surface area contributed by atoms with E-state index in [4.69, 9.17) is 0 Å². The smallest absolute Gasteiger partial charge is 0.0449 e. The van der Waals surface area contributed by atoms with E-state index in [2.05, 4.69) is 65.4 Å². The van der Waals surface area contributed by atoms with E-state index in [9.17, 15) is 0 Å². The topological polar surface area (TPSA) is 0 Å². The zero-order valence-corrected chi connectivity index (χ0v) is 12.6. The Labute approximate surface area is 121 Å². The lowest BCUT2D eigenvalue weighted by atomic mass is 10.2. The van der Waals surface area contributed by atoms with E-state index >= 15 is 0 Å². The van der Waals surface area contributed by atoms with Crippen molar-refractivity contribution in [3.63, 3.8) is 0 Å². The summed E-state index contributed by atoms with van der Waals surface area (Å²) in [6.07, 6.45) is 4.53. The fourth-order valence-electron chi connectivity index (χ4n) is 2.32. The number of benzene rings is 1. The van der Waals surface area contributed by atoms with Crippen molar-refractivity contribution in [3.8, 4) is 0 Å². The van der Waals surface area contributed by atoms with Crippen LogP contribution in [0.15, 0.2) is 53.2 Å². The summed E-state index contributed by atoms with van der Waals surface area (Å²) in [4.78, 5) is 0. The van der Waals surface area contributed by atoms with Gasteiger partial charge in [-0.3, -0.25) is 0 Å². The lowest BCUT2D eigenvalue weighted by Gasteiger charge is -2.16. The van der Waals surface area contributed by atoms with E-state index in [-0.39, 0.29) is 7.92 Å². The summed E-state index contributed by atoms with van der Waals surface area (Å²) in [5.74, 6) is 0. The highest BCUT2D eigenvalue weighted by molar-refractivity contribution is 7.87. The van der Waals surface area contributed by atoms with Gasteiger partial charge in [-0.25, -0.2) is 0 Å². The molecule has 0 saturated carbocycles. The molecule has 3 heterocycles. The fourth-order valence-corrected chi connectivity index (χ4v) is 8.05. The standard InChI is InChI=1S/C16H11PS2/c1-2-4-14(5-3-1)17-15-12(8-10-18-15)6-7-13-9-11-19-16(13)17/h1-11H. The number of hydrogen-bond acceptors (Lipinski definition) is 2. The van der Waals surface area contributed by atoms with Crippen LogP contribution in [0.25, 0.3) is 12.2 Å². The lowest BCUT2D eigenvalue weighted by molar-refractivity contribution is 1.77. The maximum Gasteiger partial charge on any atom is 0.0449 e. The Bertz CT molecular complexity index is 693. The molecule has 0 bridgehead atoms. The number of rotatable bonds is 1. The van der Waals surface area contributed by atoms with Crippen LogP contribution in [-0.4, -0.2) is 0 Å². The van der Waals surface area contributed by atoms with Crippen LogP contribution in [0, 0.1) is 0 Å². The summed E-state index contributed by atoms with van der Waals surface area (Å²) in [7, 11) is -0.377. The third-order valence-corrected chi connectivity index (χ3v) is 8.54. The second-order valence-corrected chi connectivity index (χ2v) is 8.89. The Kier molecular flexibility index (Phi) is 2.88. The van der Waals surface area contributed by atoms with E-state index in [0.29, 0.717) is 0 Å². The highest BCUT2D eigenvalue weighted by Gasteiger charge is 2.24. The number of fused-ring (bicyclic) bond motifs is 2.